The van der Waals surface area contributed by atoms with Crippen molar-refractivity contribution in [3.63, 3.8) is 0 Å². The van der Waals surface area contributed by atoms with Gasteiger partial charge in [0.05, 0.1) is 12.5 Å². The van der Waals surface area contributed by atoms with Crippen LogP contribution in [0.5, 0.6) is 0 Å². The predicted octanol–water partition coefficient (Wildman–Crippen LogP) is 3.17. The highest BCUT2D eigenvalue weighted by atomic mass is 16.2. The number of hydrogen-bond acceptors (Lipinski definition) is 4. The molecule has 0 spiro atoms. The molecule has 2 aromatic carbocycles. The number of aryl methyl sites for hydroxylation is 2. The molecular weight excluding hydrogens is 380 g/mol. The molecule has 154 valence electrons. The van der Waals surface area contributed by atoms with E-state index in [1.165, 1.54) is 6.92 Å². The summed E-state index contributed by atoms with van der Waals surface area (Å²) < 4.78 is 1.66. The summed E-state index contributed by atoms with van der Waals surface area (Å²) in [7, 11) is 1.76. The summed E-state index contributed by atoms with van der Waals surface area (Å²) in [5, 5.41) is 5.64. The van der Waals surface area contributed by atoms with Crippen LogP contribution in [0.1, 0.15) is 46.7 Å². The van der Waals surface area contributed by atoms with Gasteiger partial charge in [-0.15, -0.1) is 0 Å². The third kappa shape index (κ3) is 5.20. The van der Waals surface area contributed by atoms with Crippen molar-refractivity contribution in [3.05, 3.63) is 83.4 Å². The molecule has 3 rings (SSSR count). The first kappa shape index (κ1) is 21.0. The Hall–Kier alpha value is -3.74. The SMILES string of the molecule is CC(=O)N[C@H](CC(=O)Nc1ccc(C(=O)c2nccn2C)cc1)c1ccc(C)cc1. The van der Waals surface area contributed by atoms with E-state index in [9.17, 15) is 14.4 Å². The molecule has 3 aromatic rings. The lowest BCUT2D eigenvalue weighted by Crippen LogP contribution is -2.29. The van der Waals surface area contributed by atoms with Crippen LogP contribution in [0, 0.1) is 6.92 Å². The van der Waals surface area contributed by atoms with Crippen LogP contribution in [-0.2, 0) is 16.6 Å². The van der Waals surface area contributed by atoms with E-state index < -0.39 is 6.04 Å². The number of hydrogen-bond donors (Lipinski definition) is 2. The van der Waals surface area contributed by atoms with Gasteiger partial charge in [-0.05, 0) is 36.8 Å². The highest BCUT2D eigenvalue weighted by molar-refractivity contribution is 6.07. The van der Waals surface area contributed by atoms with Crippen molar-refractivity contribution in [2.45, 2.75) is 26.3 Å². The molecule has 30 heavy (non-hydrogen) atoms. The van der Waals surface area contributed by atoms with E-state index in [4.69, 9.17) is 0 Å². The van der Waals surface area contributed by atoms with E-state index >= 15 is 0 Å². The number of rotatable bonds is 7. The van der Waals surface area contributed by atoms with Crippen molar-refractivity contribution in [2.24, 2.45) is 7.05 Å². The Balaban J connectivity index is 1.67. The topological polar surface area (TPSA) is 93.1 Å². The molecule has 2 amide bonds. The molecule has 0 aliphatic heterocycles. The minimum Gasteiger partial charge on any atom is -0.349 e. The minimum atomic E-state index is -0.424. The number of anilines is 1. The molecule has 0 unspecified atom stereocenters. The summed E-state index contributed by atoms with van der Waals surface area (Å²) in [4.78, 5) is 40.7. The van der Waals surface area contributed by atoms with Gasteiger partial charge >= 0.3 is 0 Å². The number of carbonyl (C=O) groups excluding carboxylic acids is 3. The van der Waals surface area contributed by atoms with Crippen molar-refractivity contribution in [2.75, 3.05) is 5.32 Å². The van der Waals surface area contributed by atoms with Gasteiger partial charge in [-0.1, -0.05) is 29.8 Å². The lowest BCUT2D eigenvalue weighted by molar-refractivity contribution is -0.120. The zero-order chi connectivity index (χ0) is 21.7. The number of imidazole rings is 1. The van der Waals surface area contributed by atoms with Gasteiger partial charge in [-0.3, -0.25) is 14.4 Å². The van der Waals surface area contributed by atoms with Gasteiger partial charge in [-0.25, -0.2) is 4.98 Å². The van der Waals surface area contributed by atoms with E-state index in [1.54, 1.807) is 48.3 Å². The van der Waals surface area contributed by atoms with Crippen molar-refractivity contribution in [1.82, 2.24) is 14.9 Å². The first-order valence-electron chi connectivity index (χ1n) is 9.59. The fourth-order valence-electron chi connectivity index (χ4n) is 3.11. The molecule has 1 heterocycles. The molecule has 1 atom stereocenters. The summed E-state index contributed by atoms with van der Waals surface area (Å²) in [6.45, 7) is 3.41. The largest absolute Gasteiger partial charge is 0.349 e. The Morgan fingerprint density at radius 1 is 1.03 bits per heavy atom. The monoisotopic (exact) mass is 404 g/mol. The number of ketones is 1. The van der Waals surface area contributed by atoms with Crippen LogP contribution >= 0.6 is 0 Å². The second-order valence-electron chi connectivity index (χ2n) is 7.18. The predicted molar refractivity (Wildman–Crippen MR) is 114 cm³/mol. The summed E-state index contributed by atoms with van der Waals surface area (Å²) in [6, 6.07) is 13.9. The van der Waals surface area contributed by atoms with Gasteiger partial charge < -0.3 is 15.2 Å². The van der Waals surface area contributed by atoms with Crippen molar-refractivity contribution in [1.29, 1.82) is 0 Å². The number of amides is 2. The average Bonchev–Trinajstić information content (AvgIpc) is 3.13. The molecule has 0 radical (unpaired) electrons. The zero-order valence-corrected chi connectivity index (χ0v) is 17.2. The molecule has 1 aromatic heterocycles. The maximum absolute atomic E-state index is 12.6. The van der Waals surface area contributed by atoms with Crippen LogP contribution in [0.25, 0.3) is 0 Å². The van der Waals surface area contributed by atoms with Crippen LogP contribution in [0.15, 0.2) is 60.9 Å². The van der Waals surface area contributed by atoms with Gasteiger partial charge in [0.25, 0.3) is 0 Å². The number of benzene rings is 2. The van der Waals surface area contributed by atoms with Gasteiger partial charge in [0, 0.05) is 37.6 Å². The van der Waals surface area contributed by atoms with E-state index in [0.717, 1.165) is 11.1 Å². The van der Waals surface area contributed by atoms with E-state index in [1.807, 2.05) is 31.2 Å². The summed E-state index contributed by atoms with van der Waals surface area (Å²) >= 11 is 0. The Morgan fingerprint density at radius 2 is 1.70 bits per heavy atom. The lowest BCUT2D eigenvalue weighted by atomic mass is 10.0. The number of carbonyl (C=O) groups is 3. The smallest absolute Gasteiger partial charge is 0.228 e. The Kier molecular flexibility index (Phi) is 6.41. The zero-order valence-electron chi connectivity index (χ0n) is 17.2. The summed E-state index contributed by atoms with van der Waals surface area (Å²) in [6.07, 6.45) is 3.37. The van der Waals surface area contributed by atoms with Crippen molar-refractivity contribution < 1.29 is 14.4 Å². The van der Waals surface area contributed by atoms with Crippen LogP contribution in [-0.4, -0.2) is 27.1 Å². The molecule has 0 aliphatic carbocycles. The first-order chi connectivity index (χ1) is 14.3. The molecule has 2 N–H and O–H groups in total. The van der Waals surface area contributed by atoms with Gasteiger partial charge in [-0.2, -0.15) is 0 Å². The number of nitrogens with zero attached hydrogens (tertiary/aromatic N) is 2. The molecule has 0 bridgehead atoms. The standard InChI is InChI=1S/C23H24N4O3/c1-15-4-6-17(7-5-15)20(25-16(2)28)14-21(29)26-19-10-8-18(9-11-19)22(30)23-24-12-13-27(23)3/h4-13,20H,14H2,1-3H3,(H,25,28)(H,26,29)/t20-/m1/s1. The van der Waals surface area contributed by atoms with Gasteiger partial charge in [0.2, 0.25) is 17.6 Å². The third-order valence-corrected chi connectivity index (χ3v) is 4.70. The van der Waals surface area contributed by atoms with Crippen LogP contribution in [0.2, 0.25) is 0 Å². The first-order valence-corrected chi connectivity index (χ1v) is 9.59. The van der Waals surface area contributed by atoms with E-state index in [2.05, 4.69) is 15.6 Å². The average molecular weight is 404 g/mol. The fraction of sp³-hybridized carbons (Fsp3) is 0.217. The molecule has 0 saturated carbocycles. The maximum Gasteiger partial charge on any atom is 0.228 e. The van der Waals surface area contributed by atoms with E-state index in [0.29, 0.717) is 17.1 Å². The summed E-state index contributed by atoms with van der Waals surface area (Å²) in [5.41, 5.74) is 3.02. The van der Waals surface area contributed by atoms with Crippen LogP contribution < -0.4 is 10.6 Å². The van der Waals surface area contributed by atoms with Crippen molar-refractivity contribution in [3.8, 4) is 0 Å². The second kappa shape index (κ2) is 9.17. The third-order valence-electron chi connectivity index (χ3n) is 4.70. The maximum atomic E-state index is 12.6. The van der Waals surface area contributed by atoms with Crippen molar-refractivity contribution >= 4 is 23.3 Å². The number of nitrogens with one attached hydrogen (secondary N) is 2. The summed E-state index contributed by atoms with van der Waals surface area (Å²) in [5.74, 6) is -0.281. The molecular formula is C23H24N4O3. The van der Waals surface area contributed by atoms with Gasteiger partial charge in [0.1, 0.15) is 0 Å². The van der Waals surface area contributed by atoms with Gasteiger partial charge in [0.15, 0.2) is 5.82 Å². The highest BCUT2D eigenvalue weighted by Gasteiger charge is 2.18. The Bertz CT molecular complexity index is 1050. The Labute approximate surface area is 175 Å². The normalized spacial score (nSPS) is 11.6. The molecule has 0 saturated heterocycles. The van der Waals surface area contributed by atoms with Crippen LogP contribution in [0.4, 0.5) is 5.69 Å². The Morgan fingerprint density at radius 3 is 2.27 bits per heavy atom. The van der Waals surface area contributed by atoms with Crippen LogP contribution in [0.3, 0.4) is 0 Å². The molecule has 0 aliphatic rings. The quantitative estimate of drug-likeness (QED) is 0.592. The van der Waals surface area contributed by atoms with E-state index in [-0.39, 0.29) is 24.0 Å². The molecule has 7 nitrogen and oxygen atoms in total. The molecule has 0 fully saturated rings. The second-order valence-corrected chi connectivity index (χ2v) is 7.18. The fourth-order valence-corrected chi connectivity index (χ4v) is 3.11. The highest BCUT2D eigenvalue weighted by Crippen LogP contribution is 2.19. The minimum absolute atomic E-state index is 0.0938. The number of aromatic nitrogens is 2. The molecule has 7 heteroatoms. The lowest BCUT2D eigenvalue weighted by Gasteiger charge is -2.18.